The summed E-state index contributed by atoms with van der Waals surface area (Å²) in [7, 11) is -3.17. The zero-order chi connectivity index (χ0) is 13.3. The molecule has 0 bridgehead atoms. The maximum absolute atomic E-state index is 11.6. The summed E-state index contributed by atoms with van der Waals surface area (Å²) in [5.74, 6) is 0.473. The van der Waals surface area contributed by atoms with Crippen LogP contribution in [0.25, 0.3) is 0 Å². The average Bonchev–Trinajstić information content (AvgIpc) is 2.26. The van der Waals surface area contributed by atoms with Crippen LogP contribution in [0.5, 0.6) is 0 Å². The van der Waals surface area contributed by atoms with E-state index in [2.05, 4.69) is 23.5 Å². The highest BCUT2D eigenvalue weighted by atomic mass is 35.5. The summed E-state index contributed by atoms with van der Waals surface area (Å²) in [4.78, 5) is 2.23. The van der Waals surface area contributed by atoms with Gasteiger partial charge in [0.2, 0.25) is 10.0 Å². The number of nitrogens with one attached hydrogen (secondary N) is 1. The van der Waals surface area contributed by atoms with Crippen LogP contribution in [0.4, 0.5) is 0 Å². The van der Waals surface area contributed by atoms with Gasteiger partial charge in [0.25, 0.3) is 0 Å². The van der Waals surface area contributed by atoms with E-state index < -0.39 is 10.0 Å². The quantitative estimate of drug-likeness (QED) is 0.619. The largest absolute Gasteiger partial charge is 0.302 e. The number of likely N-dealkylation sites (N-methyl/N-ethyl adjacent to an activating group) is 1. The molecule has 0 radical (unpaired) electrons. The van der Waals surface area contributed by atoms with E-state index in [1.807, 2.05) is 6.92 Å². The second-order valence-electron chi connectivity index (χ2n) is 4.37. The summed E-state index contributed by atoms with van der Waals surface area (Å²) in [6.45, 7) is 9.24. The number of hydrogen-bond acceptors (Lipinski definition) is 3. The van der Waals surface area contributed by atoms with Crippen LogP contribution in [0.3, 0.4) is 0 Å². The van der Waals surface area contributed by atoms with Crippen molar-refractivity contribution in [3.05, 3.63) is 0 Å². The predicted molar refractivity (Wildman–Crippen MR) is 74.1 cm³/mol. The Balaban J connectivity index is 3.93. The molecular weight excluding hydrogens is 260 g/mol. The third-order valence-corrected chi connectivity index (χ3v) is 4.68. The van der Waals surface area contributed by atoms with Gasteiger partial charge < -0.3 is 4.90 Å². The minimum atomic E-state index is -3.17. The maximum Gasteiger partial charge on any atom is 0.211 e. The molecule has 4 nitrogen and oxygen atoms in total. The molecule has 0 rings (SSSR count). The maximum atomic E-state index is 11.6. The van der Waals surface area contributed by atoms with Gasteiger partial charge in [-0.2, -0.15) is 0 Å². The van der Waals surface area contributed by atoms with Gasteiger partial charge in [-0.25, -0.2) is 13.1 Å². The topological polar surface area (TPSA) is 49.4 Å². The van der Waals surface area contributed by atoms with E-state index in [0.29, 0.717) is 12.4 Å². The molecule has 0 aromatic heterocycles. The molecule has 1 N–H and O–H groups in total. The molecule has 0 fully saturated rings. The number of rotatable bonds is 10. The third-order valence-electron chi connectivity index (χ3n) is 2.50. The van der Waals surface area contributed by atoms with E-state index in [4.69, 9.17) is 11.6 Å². The van der Waals surface area contributed by atoms with Gasteiger partial charge in [-0.05, 0) is 25.4 Å². The van der Waals surface area contributed by atoms with Crippen molar-refractivity contribution in [1.29, 1.82) is 0 Å². The zero-order valence-electron chi connectivity index (χ0n) is 11.1. The highest BCUT2D eigenvalue weighted by Gasteiger charge is 2.14. The molecule has 17 heavy (non-hydrogen) atoms. The number of sulfonamides is 1. The highest BCUT2D eigenvalue weighted by Crippen LogP contribution is 2.01. The Labute approximate surface area is 111 Å². The third kappa shape index (κ3) is 8.83. The first kappa shape index (κ1) is 17.2. The van der Waals surface area contributed by atoms with Crippen molar-refractivity contribution in [2.75, 3.05) is 37.8 Å². The molecular formula is C11H25ClN2O2S. The van der Waals surface area contributed by atoms with Crippen molar-refractivity contribution in [1.82, 2.24) is 9.62 Å². The Morgan fingerprint density at radius 2 is 1.94 bits per heavy atom. The Morgan fingerprint density at radius 3 is 2.41 bits per heavy atom. The van der Waals surface area contributed by atoms with Crippen LogP contribution >= 0.6 is 11.6 Å². The van der Waals surface area contributed by atoms with E-state index in [1.165, 1.54) is 0 Å². The van der Waals surface area contributed by atoms with Crippen molar-refractivity contribution in [3.63, 3.8) is 0 Å². The summed E-state index contributed by atoms with van der Waals surface area (Å²) >= 11 is 5.61. The Hall–Kier alpha value is 0.160. The lowest BCUT2D eigenvalue weighted by Crippen LogP contribution is -2.37. The van der Waals surface area contributed by atoms with Crippen LogP contribution in [0.2, 0.25) is 0 Å². The van der Waals surface area contributed by atoms with Gasteiger partial charge in [0.15, 0.2) is 0 Å². The van der Waals surface area contributed by atoms with Crippen molar-refractivity contribution in [2.24, 2.45) is 5.92 Å². The number of hydrogen-bond donors (Lipinski definition) is 1. The molecule has 0 spiro atoms. The van der Waals surface area contributed by atoms with Gasteiger partial charge in [0.05, 0.1) is 5.75 Å². The van der Waals surface area contributed by atoms with Gasteiger partial charge >= 0.3 is 0 Å². The predicted octanol–water partition coefficient (Wildman–Crippen LogP) is 1.51. The zero-order valence-corrected chi connectivity index (χ0v) is 12.6. The monoisotopic (exact) mass is 284 g/mol. The molecule has 1 atom stereocenters. The Bertz CT molecular complexity index is 283. The van der Waals surface area contributed by atoms with Crippen LogP contribution in [0, 0.1) is 5.92 Å². The first-order chi connectivity index (χ1) is 7.95. The summed E-state index contributed by atoms with van der Waals surface area (Å²) in [5, 5.41) is 0. The molecule has 6 heteroatoms. The smallest absolute Gasteiger partial charge is 0.211 e. The molecule has 0 saturated heterocycles. The molecule has 0 aliphatic carbocycles. The van der Waals surface area contributed by atoms with E-state index in [0.717, 1.165) is 26.1 Å². The molecule has 104 valence electrons. The minimum Gasteiger partial charge on any atom is -0.302 e. The molecule has 0 heterocycles. The second kappa shape index (κ2) is 9.14. The fraction of sp³-hybridized carbons (Fsp3) is 1.00. The fourth-order valence-corrected chi connectivity index (χ4v) is 3.21. The normalized spacial score (nSPS) is 14.2. The first-order valence-electron chi connectivity index (χ1n) is 6.20. The van der Waals surface area contributed by atoms with E-state index in [9.17, 15) is 8.42 Å². The number of nitrogens with zero attached hydrogens (tertiary/aromatic N) is 1. The first-order valence-corrected chi connectivity index (χ1v) is 8.39. The summed E-state index contributed by atoms with van der Waals surface area (Å²) < 4.78 is 25.9. The second-order valence-corrected chi connectivity index (χ2v) is 6.53. The van der Waals surface area contributed by atoms with Crippen LogP contribution in [-0.2, 0) is 10.0 Å². The molecule has 0 aromatic rings. The summed E-state index contributed by atoms with van der Waals surface area (Å²) in [6.07, 6.45) is 1.09. The van der Waals surface area contributed by atoms with Crippen molar-refractivity contribution >= 4 is 21.6 Å². The van der Waals surface area contributed by atoms with Crippen molar-refractivity contribution in [3.8, 4) is 0 Å². The van der Waals surface area contributed by atoms with Gasteiger partial charge in [0.1, 0.15) is 0 Å². The van der Waals surface area contributed by atoms with E-state index in [-0.39, 0.29) is 11.7 Å². The van der Waals surface area contributed by atoms with E-state index in [1.54, 1.807) is 0 Å². The van der Waals surface area contributed by atoms with Gasteiger partial charge in [-0.1, -0.05) is 20.8 Å². The highest BCUT2D eigenvalue weighted by molar-refractivity contribution is 7.89. The lowest BCUT2D eigenvalue weighted by atomic mass is 10.3. The molecule has 0 saturated carbocycles. The lowest BCUT2D eigenvalue weighted by Gasteiger charge is -2.19. The molecule has 0 amide bonds. The van der Waals surface area contributed by atoms with Crippen LogP contribution in [0.1, 0.15) is 27.2 Å². The number of alkyl halides is 1. The summed E-state index contributed by atoms with van der Waals surface area (Å²) in [5.41, 5.74) is 0. The van der Waals surface area contributed by atoms with Crippen molar-refractivity contribution < 1.29 is 8.42 Å². The van der Waals surface area contributed by atoms with E-state index >= 15 is 0 Å². The fourth-order valence-electron chi connectivity index (χ4n) is 1.58. The van der Waals surface area contributed by atoms with Gasteiger partial charge in [-0.15, -0.1) is 11.6 Å². The molecule has 0 aliphatic heterocycles. The molecule has 0 aliphatic rings. The standard InChI is InChI=1S/C11H25ClN2O2S/c1-4-7-14(5-2)8-6-13-17(15,16)10-11(3)9-12/h11,13H,4-10H2,1-3H3. The number of halogens is 1. The Morgan fingerprint density at radius 1 is 1.29 bits per heavy atom. The van der Waals surface area contributed by atoms with Crippen LogP contribution in [-0.4, -0.2) is 51.1 Å². The molecule has 1 unspecified atom stereocenters. The van der Waals surface area contributed by atoms with Crippen molar-refractivity contribution in [2.45, 2.75) is 27.2 Å². The van der Waals surface area contributed by atoms with Gasteiger partial charge in [0, 0.05) is 19.0 Å². The minimum absolute atomic E-state index is 0.00733. The lowest BCUT2D eigenvalue weighted by molar-refractivity contribution is 0.293. The van der Waals surface area contributed by atoms with Crippen LogP contribution < -0.4 is 4.72 Å². The SMILES string of the molecule is CCCN(CC)CCNS(=O)(=O)CC(C)CCl. The Kier molecular flexibility index (Phi) is 9.22. The average molecular weight is 285 g/mol. The summed E-state index contributed by atoms with van der Waals surface area (Å²) in [6, 6.07) is 0. The molecule has 0 aromatic carbocycles. The van der Waals surface area contributed by atoms with Crippen LogP contribution in [0.15, 0.2) is 0 Å². The van der Waals surface area contributed by atoms with Gasteiger partial charge in [-0.3, -0.25) is 0 Å².